The number of nitrogens with zero attached hydrogens (tertiary/aromatic N) is 1. The van der Waals surface area contributed by atoms with E-state index in [0.29, 0.717) is 13.2 Å². The molecular formula is C21H25NO4. The first-order valence-electron chi connectivity index (χ1n) is 9.39. The molecule has 1 amide bonds. The summed E-state index contributed by atoms with van der Waals surface area (Å²) in [7, 11) is 0. The first-order valence-corrected chi connectivity index (χ1v) is 9.39. The maximum Gasteiger partial charge on any atom is 0.312 e. The molecule has 0 aliphatic carbocycles. The lowest BCUT2D eigenvalue weighted by atomic mass is 9.77. The summed E-state index contributed by atoms with van der Waals surface area (Å²) in [5.74, 6) is -1.16. The lowest BCUT2D eigenvalue weighted by Crippen LogP contribution is -2.40. The Morgan fingerprint density at radius 1 is 1.35 bits per heavy atom. The summed E-state index contributed by atoms with van der Waals surface area (Å²) in [4.78, 5) is 27.6. The van der Waals surface area contributed by atoms with Crippen LogP contribution >= 0.6 is 0 Å². The van der Waals surface area contributed by atoms with Crippen molar-refractivity contribution < 1.29 is 19.1 Å². The second-order valence-corrected chi connectivity index (χ2v) is 7.87. The van der Waals surface area contributed by atoms with Gasteiger partial charge in [0.2, 0.25) is 5.91 Å². The number of fused-ring (bicyclic) bond motifs is 1. The van der Waals surface area contributed by atoms with Crippen LogP contribution in [0.5, 0.6) is 0 Å². The van der Waals surface area contributed by atoms with Crippen LogP contribution in [0, 0.1) is 17.8 Å². The van der Waals surface area contributed by atoms with E-state index < -0.39 is 17.4 Å². The number of aryl methyl sites for hydroxylation is 1. The van der Waals surface area contributed by atoms with Crippen LogP contribution in [0.4, 0.5) is 5.69 Å². The van der Waals surface area contributed by atoms with Gasteiger partial charge < -0.3 is 14.4 Å². The molecule has 0 unspecified atom stereocenters. The van der Waals surface area contributed by atoms with E-state index in [4.69, 9.17) is 9.47 Å². The maximum atomic E-state index is 13.2. The zero-order chi connectivity index (χ0) is 18.5. The molecule has 4 rings (SSSR count). The molecule has 0 radical (unpaired) electrons. The summed E-state index contributed by atoms with van der Waals surface area (Å²) in [6.45, 7) is 6.90. The minimum atomic E-state index is -0.702. The molecule has 5 heteroatoms. The predicted octanol–water partition coefficient (Wildman–Crippen LogP) is 2.73. The third-order valence-electron chi connectivity index (χ3n) is 5.59. The average Bonchev–Trinajstić information content (AvgIpc) is 3.28. The van der Waals surface area contributed by atoms with Crippen molar-refractivity contribution in [3.05, 3.63) is 42.0 Å². The Balaban J connectivity index is 1.59. The van der Waals surface area contributed by atoms with Crippen molar-refractivity contribution in [2.75, 3.05) is 18.1 Å². The molecule has 1 aromatic carbocycles. The minimum Gasteiger partial charge on any atom is -0.465 e. The van der Waals surface area contributed by atoms with E-state index in [9.17, 15) is 9.59 Å². The molecule has 3 aliphatic rings. The molecule has 2 saturated heterocycles. The van der Waals surface area contributed by atoms with Crippen molar-refractivity contribution in [3.63, 3.8) is 0 Å². The van der Waals surface area contributed by atoms with E-state index in [2.05, 4.69) is 6.92 Å². The predicted molar refractivity (Wildman–Crippen MR) is 97.7 cm³/mol. The van der Waals surface area contributed by atoms with Gasteiger partial charge in [-0.3, -0.25) is 9.59 Å². The van der Waals surface area contributed by atoms with Gasteiger partial charge in [-0.2, -0.15) is 0 Å². The van der Waals surface area contributed by atoms with E-state index >= 15 is 0 Å². The molecule has 5 nitrogen and oxygen atoms in total. The van der Waals surface area contributed by atoms with Crippen LogP contribution in [-0.2, 0) is 25.5 Å². The SMILES string of the molecule is CCc1ccc(N2C[C@@]34C=C[C@@H](O3)[C@H](C(=O)OCC(C)C)[C@H]4C2=O)cc1. The van der Waals surface area contributed by atoms with Crippen LogP contribution in [-0.4, -0.2) is 36.7 Å². The highest BCUT2D eigenvalue weighted by molar-refractivity contribution is 6.02. The van der Waals surface area contributed by atoms with E-state index in [-0.39, 0.29) is 23.9 Å². The Bertz CT molecular complexity index is 754. The Morgan fingerprint density at radius 2 is 2.08 bits per heavy atom. The summed E-state index contributed by atoms with van der Waals surface area (Å²) in [5.41, 5.74) is 1.38. The molecule has 1 spiro atoms. The van der Waals surface area contributed by atoms with Crippen LogP contribution in [0.1, 0.15) is 26.3 Å². The molecule has 1 aromatic rings. The molecule has 0 N–H and O–H groups in total. The van der Waals surface area contributed by atoms with Gasteiger partial charge in [-0.1, -0.05) is 45.1 Å². The van der Waals surface area contributed by atoms with Crippen LogP contribution < -0.4 is 4.90 Å². The fraction of sp³-hybridized carbons (Fsp3) is 0.524. The lowest BCUT2D eigenvalue weighted by Gasteiger charge is -2.23. The first-order chi connectivity index (χ1) is 12.4. The van der Waals surface area contributed by atoms with Gasteiger partial charge in [0.1, 0.15) is 11.5 Å². The summed E-state index contributed by atoms with van der Waals surface area (Å²) >= 11 is 0. The number of anilines is 1. The number of hydrogen-bond acceptors (Lipinski definition) is 4. The van der Waals surface area contributed by atoms with Crippen LogP contribution in [0.2, 0.25) is 0 Å². The Morgan fingerprint density at radius 3 is 2.73 bits per heavy atom. The van der Waals surface area contributed by atoms with Gasteiger partial charge in [0.05, 0.1) is 25.2 Å². The number of carbonyl (C=O) groups excluding carboxylic acids is 2. The smallest absolute Gasteiger partial charge is 0.312 e. The number of ether oxygens (including phenoxy) is 2. The molecule has 26 heavy (non-hydrogen) atoms. The van der Waals surface area contributed by atoms with Gasteiger partial charge >= 0.3 is 5.97 Å². The zero-order valence-corrected chi connectivity index (χ0v) is 15.5. The second kappa shape index (κ2) is 6.23. The molecule has 138 valence electrons. The van der Waals surface area contributed by atoms with Crippen molar-refractivity contribution >= 4 is 17.6 Å². The number of amides is 1. The van der Waals surface area contributed by atoms with Crippen molar-refractivity contribution in [2.45, 2.75) is 38.9 Å². The molecule has 0 saturated carbocycles. The number of benzene rings is 1. The Kier molecular flexibility index (Phi) is 4.14. The van der Waals surface area contributed by atoms with Gasteiger partial charge in [0.25, 0.3) is 0 Å². The summed E-state index contributed by atoms with van der Waals surface area (Å²) < 4.78 is 11.6. The molecular weight excluding hydrogens is 330 g/mol. The Labute approximate surface area is 154 Å². The molecule has 2 bridgehead atoms. The standard InChI is InChI=1S/C21H25NO4/c1-4-14-5-7-15(8-6-14)22-12-21-10-9-16(26-21)17(18(21)19(22)23)20(24)25-11-13(2)3/h5-10,13,16-18H,4,11-12H2,1-3H3/t16-,17+,18+,21-/m1/s1. The molecule has 3 aliphatic heterocycles. The fourth-order valence-electron chi connectivity index (χ4n) is 4.24. The highest BCUT2D eigenvalue weighted by Crippen LogP contribution is 2.52. The second-order valence-electron chi connectivity index (χ2n) is 7.87. The van der Waals surface area contributed by atoms with E-state index in [1.54, 1.807) is 4.90 Å². The summed E-state index contributed by atoms with van der Waals surface area (Å²) in [5, 5.41) is 0. The largest absolute Gasteiger partial charge is 0.465 e. The summed E-state index contributed by atoms with van der Waals surface area (Å²) in [6, 6.07) is 8.02. The average molecular weight is 355 g/mol. The van der Waals surface area contributed by atoms with Crippen molar-refractivity contribution in [2.24, 2.45) is 17.8 Å². The van der Waals surface area contributed by atoms with Crippen LogP contribution in [0.15, 0.2) is 36.4 Å². The maximum absolute atomic E-state index is 13.2. The van der Waals surface area contributed by atoms with Gasteiger partial charge in [-0.05, 0) is 30.0 Å². The number of esters is 1. The molecule has 2 fully saturated rings. The highest BCUT2D eigenvalue weighted by atomic mass is 16.6. The first kappa shape index (κ1) is 17.3. The third kappa shape index (κ3) is 2.57. The normalized spacial score (nSPS) is 31.8. The third-order valence-corrected chi connectivity index (χ3v) is 5.59. The Hall–Kier alpha value is -2.14. The monoisotopic (exact) mass is 355 g/mol. The molecule has 3 heterocycles. The van der Waals surface area contributed by atoms with Crippen LogP contribution in [0.3, 0.4) is 0 Å². The number of hydrogen-bond donors (Lipinski definition) is 0. The van der Waals surface area contributed by atoms with E-state index in [1.165, 1.54) is 5.56 Å². The molecule has 0 aromatic heterocycles. The van der Waals surface area contributed by atoms with Gasteiger partial charge in [0, 0.05) is 5.69 Å². The highest BCUT2D eigenvalue weighted by Gasteiger charge is 2.67. The minimum absolute atomic E-state index is 0.0485. The lowest BCUT2D eigenvalue weighted by molar-refractivity contribution is -0.153. The van der Waals surface area contributed by atoms with Crippen molar-refractivity contribution in [1.29, 1.82) is 0 Å². The fourth-order valence-corrected chi connectivity index (χ4v) is 4.24. The van der Waals surface area contributed by atoms with E-state index in [1.807, 2.05) is 50.3 Å². The van der Waals surface area contributed by atoms with Gasteiger partial charge in [-0.25, -0.2) is 0 Å². The van der Waals surface area contributed by atoms with Crippen molar-refractivity contribution in [3.8, 4) is 0 Å². The number of carbonyl (C=O) groups is 2. The number of rotatable bonds is 5. The zero-order valence-electron chi connectivity index (χ0n) is 15.5. The quantitative estimate of drug-likeness (QED) is 0.602. The van der Waals surface area contributed by atoms with Crippen LogP contribution in [0.25, 0.3) is 0 Å². The molecule has 4 atom stereocenters. The van der Waals surface area contributed by atoms with Gasteiger partial charge in [0.15, 0.2) is 0 Å². The topological polar surface area (TPSA) is 55.8 Å². The summed E-state index contributed by atoms with van der Waals surface area (Å²) in [6.07, 6.45) is 4.48. The van der Waals surface area contributed by atoms with Crippen molar-refractivity contribution in [1.82, 2.24) is 0 Å². The van der Waals surface area contributed by atoms with E-state index in [0.717, 1.165) is 12.1 Å². The van der Waals surface area contributed by atoms with Gasteiger partial charge in [-0.15, -0.1) is 0 Å².